The lowest BCUT2D eigenvalue weighted by atomic mass is 9.68. The zero-order valence-corrected chi connectivity index (χ0v) is 18.0. The second-order valence-electron chi connectivity index (χ2n) is 8.08. The number of aromatic nitrogens is 1. The van der Waals surface area contributed by atoms with Crippen LogP contribution in [0.2, 0.25) is 0 Å². The number of nitrogens with zero attached hydrogens (tertiary/aromatic N) is 2. The van der Waals surface area contributed by atoms with Crippen molar-refractivity contribution in [3.05, 3.63) is 65.2 Å². The molecule has 1 aromatic carbocycles. The Labute approximate surface area is 177 Å². The number of carbonyl (C=O) groups is 1. The number of pyridine rings is 1. The third-order valence-electron chi connectivity index (χ3n) is 6.58. The minimum absolute atomic E-state index is 0.0333. The molecule has 2 atom stereocenters. The van der Waals surface area contributed by atoms with Gasteiger partial charge >= 0.3 is 5.97 Å². The molecule has 1 aliphatic carbocycles. The minimum Gasteiger partial charge on any atom is -0.493 e. The van der Waals surface area contributed by atoms with Crippen molar-refractivity contribution in [1.82, 2.24) is 9.88 Å². The maximum Gasteiger partial charge on any atom is 0.345 e. The van der Waals surface area contributed by atoms with Gasteiger partial charge in [-0.2, -0.15) is 0 Å². The molecule has 6 heteroatoms. The summed E-state index contributed by atoms with van der Waals surface area (Å²) in [6.45, 7) is 2.81. The molecular weight excluding hydrogens is 380 g/mol. The summed E-state index contributed by atoms with van der Waals surface area (Å²) in [5.74, 6) is 1.86. The SMILES string of the molecule is COc1ccc([C@@]23CC=C(OC(=O)c4cccnc4C)C[C@@H]2N(C)CC3)cc1OC. The number of ether oxygens (including phenoxy) is 3. The van der Waals surface area contributed by atoms with E-state index in [2.05, 4.69) is 35.1 Å². The number of hydrogen-bond donors (Lipinski definition) is 0. The summed E-state index contributed by atoms with van der Waals surface area (Å²) in [6, 6.07) is 9.96. The van der Waals surface area contributed by atoms with Crippen molar-refractivity contribution in [3.8, 4) is 11.5 Å². The smallest absolute Gasteiger partial charge is 0.345 e. The molecule has 1 saturated heterocycles. The zero-order chi connectivity index (χ0) is 21.3. The van der Waals surface area contributed by atoms with Gasteiger partial charge in [0.15, 0.2) is 11.5 Å². The van der Waals surface area contributed by atoms with E-state index in [-0.39, 0.29) is 17.4 Å². The lowest BCUT2D eigenvalue weighted by molar-refractivity contribution is 0.0578. The number of likely N-dealkylation sites (tertiary alicyclic amines) is 1. The number of benzene rings is 1. The van der Waals surface area contributed by atoms with Gasteiger partial charge in [0.25, 0.3) is 0 Å². The average Bonchev–Trinajstić information content (AvgIpc) is 3.10. The number of aryl methyl sites for hydroxylation is 1. The molecule has 4 rings (SSSR count). The molecule has 0 N–H and O–H groups in total. The number of hydrogen-bond acceptors (Lipinski definition) is 6. The van der Waals surface area contributed by atoms with E-state index in [4.69, 9.17) is 14.2 Å². The molecule has 2 aromatic rings. The van der Waals surface area contributed by atoms with Gasteiger partial charge in [0.1, 0.15) is 5.76 Å². The fraction of sp³-hybridized carbons (Fsp3) is 0.417. The maximum absolute atomic E-state index is 12.7. The van der Waals surface area contributed by atoms with E-state index in [1.807, 2.05) is 13.0 Å². The topological polar surface area (TPSA) is 60.9 Å². The molecule has 6 nitrogen and oxygen atoms in total. The monoisotopic (exact) mass is 408 g/mol. The van der Waals surface area contributed by atoms with E-state index in [1.165, 1.54) is 5.56 Å². The Balaban J connectivity index is 1.62. The lowest BCUT2D eigenvalue weighted by Gasteiger charge is -2.40. The normalized spacial score (nSPS) is 23.5. The molecule has 1 fully saturated rings. The van der Waals surface area contributed by atoms with Crippen LogP contribution in [-0.2, 0) is 10.2 Å². The first-order valence-corrected chi connectivity index (χ1v) is 10.2. The Kier molecular flexibility index (Phi) is 5.52. The molecule has 0 bridgehead atoms. The molecule has 2 aliphatic rings. The Hall–Kier alpha value is -2.86. The number of rotatable bonds is 5. The third kappa shape index (κ3) is 3.45. The van der Waals surface area contributed by atoms with Gasteiger partial charge in [-0.25, -0.2) is 4.79 Å². The van der Waals surface area contributed by atoms with Crippen molar-refractivity contribution in [1.29, 1.82) is 0 Å². The van der Waals surface area contributed by atoms with Crippen LogP contribution < -0.4 is 9.47 Å². The van der Waals surface area contributed by atoms with E-state index < -0.39 is 0 Å². The van der Waals surface area contributed by atoms with Gasteiger partial charge in [-0.05, 0) is 69.3 Å². The van der Waals surface area contributed by atoms with Crippen LogP contribution in [0.15, 0.2) is 48.4 Å². The number of carbonyl (C=O) groups excluding carboxylic acids is 1. The van der Waals surface area contributed by atoms with E-state index in [9.17, 15) is 4.79 Å². The summed E-state index contributed by atoms with van der Waals surface area (Å²) in [5.41, 5.74) is 2.39. The summed E-state index contributed by atoms with van der Waals surface area (Å²) in [6.07, 6.45) is 6.30. The van der Waals surface area contributed by atoms with E-state index in [1.54, 1.807) is 32.5 Å². The fourth-order valence-corrected chi connectivity index (χ4v) is 4.84. The highest BCUT2D eigenvalue weighted by Gasteiger charge is 2.49. The highest BCUT2D eigenvalue weighted by molar-refractivity contribution is 5.91. The molecule has 0 spiro atoms. The molecule has 2 heterocycles. The van der Waals surface area contributed by atoms with Crippen LogP contribution in [0.5, 0.6) is 11.5 Å². The number of likely N-dealkylation sites (N-methyl/N-ethyl adjacent to an activating group) is 1. The summed E-state index contributed by atoms with van der Waals surface area (Å²) >= 11 is 0. The molecule has 1 aliphatic heterocycles. The summed E-state index contributed by atoms with van der Waals surface area (Å²) < 4.78 is 16.7. The van der Waals surface area contributed by atoms with Gasteiger partial charge in [0.05, 0.1) is 25.5 Å². The zero-order valence-electron chi connectivity index (χ0n) is 18.0. The quantitative estimate of drug-likeness (QED) is 0.700. The third-order valence-corrected chi connectivity index (χ3v) is 6.58. The van der Waals surface area contributed by atoms with Gasteiger partial charge in [-0.3, -0.25) is 4.98 Å². The van der Waals surface area contributed by atoms with E-state index in [0.29, 0.717) is 17.7 Å². The first kappa shape index (κ1) is 20.4. The molecule has 1 aromatic heterocycles. The van der Waals surface area contributed by atoms with Crippen molar-refractivity contribution in [2.45, 2.75) is 37.6 Å². The van der Waals surface area contributed by atoms with Crippen LogP contribution in [0, 0.1) is 6.92 Å². The summed E-state index contributed by atoms with van der Waals surface area (Å²) in [4.78, 5) is 19.2. The predicted octanol–water partition coefficient (Wildman–Crippen LogP) is 3.88. The Morgan fingerprint density at radius 2 is 2.00 bits per heavy atom. The lowest BCUT2D eigenvalue weighted by Crippen LogP contribution is -2.43. The standard InChI is InChI=1S/C24H28N2O4/c1-16-19(6-5-12-25-16)23(27)30-18-9-10-24(11-13-26(2)22(24)15-18)17-7-8-20(28-3)21(14-17)29-4/h5-9,12,14,22H,10-11,13,15H2,1-4H3/t22-,24-/m0/s1. The number of methoxy groups -OCH3 is 2. The van der Waals surface area contributed by atoms with Crippen LogP contribution in [0.3, 0.4) is 0 Å². The van der Waals surface area contributed by atoms with Crippen molar-refractivity contribution in [2.24, 2.45) is 0 Å². The Morgan fingerprint density at radius 1 is 1.20 bits per heavy atom. The number of allylic oxidation sites excluding steroid dienone is 1. The Morgan fingerprint density at radius 3 is 2.73 bits per heavy atom. The minimum atomic E-state index is -0.342. The second kappa shape index (κ2) is 8.11. The first-order valence-electron chi connectivity index (χ1n) is 10.2. The van der Waals surface area contributed by atoms with Gasteiger partial charge < -0.3 is 19.1 Å². The predicted molar refractivity (Wildman–Crippen MR) is 114 cm³/mol. The van der Waals surface area contributed by atoms with Gasteiger partial charge in [0, 0.05) is 24.1 Å². The van der Waals surface area contributed by atoms with E-state index >= 15 is 0 Å². The van der Waals surface area contributed by atoms with Crippen LogP contribution >= 0.6 is 0 Å². The van der Waals surface area contributed by atoms with Crippen molar-refractivity contribution >= 4 is 5.97 Å². The van der Waals surface area contributed by atoms with Crippen molar-refractivity contribution in [3.63, 3.8) is 0 Å². The first-order chi connectivity index (χ1) is 14.5. The summed E-state index contributed by atoms with van der Waals surface area (Å²) in [7, 11) is 5.45. The van der Waals surface area contributed by atoms with Crippen LogP contribution in [0.1, 0.15) is 40.9 Å². The highest BCUT2D eigenvalue weighted by Crippen LogP contribution is 2.49. The average molecular weight is 408 g/mol. The molecule has 0 radical (unpaired) electrons. The fourth-order valence-electron chi connectivity index (χ4n) is 4.84. The van der Waals surface area contributed by atoms with E-state index in [0.717, 1.165) is 36.6 Å². The second-order valence-corrected chi connectivity index (χ2v) is 8.08. The van der Waals surface area contributed by atoms with Gasteiger partial charge in [-0.15, -0.1) is 0 Å². The maximum atomic E-state index is 12.7. The van der Waals surface area contributed by atoms with Crippen LogP contribution in [-0.4, -0.2) is 49.7 Å². The molecule has 0 unspecified atom stereocenters. The summed E-state index contributed by atoms with van der Waals surface area (Å²) in [5, 5.41) is 0. The van der Waals surface area contributed by atoms with Gasteiger partial charge in [0.2, 0.25) is 0 Å². The van der Waals surface area contributed by atoms with Gasteiger partial charge in [-0.1, -0.05) is 6.07 Å². The molecule has 30 heavy (non-hydrogen) atoms. The number of fused-ring (bicyclic) bond motifs is 1. The largest absolute Gasteiger partial charge is 0.493 e. The van der Waals surface area contributed by atoms with Crippen molar-refractivity contribution < 1.29 is 19.0 Å². The van der Waals surface area contributed by atoms with Crippen LogP contribution in [0.25, 0.3) is 0 Å². The number of esters is 1. The van der Waals surface area contributed by atoms with Crippen LogP contribution in [0.4, 0.5) is 0 Å². The van der Waals surface area contributed by atoms with Crippen molar-refractivity contribution in [2.75, 3.05) is 27.8 Å². The highest BCUT2D eigenvalue weighted by atomic mass is 16.5. The molecule has 0 saturated carbocycles. The molecular formula is C24H28N2O4. The molecule has 0 amide bonds. The Bertz CT molecular complexity index is 987. The molecule has 158 valence electrons.